The summed E-state index contributed by atoms with van der Waals surface area (Å²) in [4.78, 5) is 17.9. The highest BCUT2D eigenvalue weighted by atomic mass is 16.6. The fourth-order valence-corrected chi connectivity index (χ4v) is 2.95. The van der Waals surface area contributed by atoms with Crippen LogP contribution in [0.1, 0.15) is 5.56 Å². The van der Waals surface area contributed by atoms with Gasteiger partial charge in [-0.1, -0.05) is 11.2 Å². The predicted octanol–water partition coefficient (Wildman–Crippen LogP) is 1.01. The summed E-state index contributed by atoms with van der Waals surface area (Å²) >= 11 is 0. The molecule has 1 saturated heterocycles. The third-order valence-corrected chi connectivity index (χ3v) is 4.24. The van der Waals surface area contributed by atoms with Crippen molar-refractivity contribution in [3.63, 3.8) is 0 Å². The first-order chi connectivity index (χ1) is 12.3. The van der Waals surface area contributed by atoms with E-state index in [0.717, 1.165) is 37.6 Å². The smallest absolute Gasteiger partial charge is 0.128 e. The largest absolute Gasteiger partial charge is 0.399 e. The molecule has 0 spiro atoms. The summed E-state index contributed by atoms with van der Waals surface area (Å²) in [6, 6.07) is 9.63. The monoisotopic (exact) mass is 341 g/mol. The molecule has 7 nitrogen and oxygen atoms in total. The predicted molar refractivity (Wildman–Crippen MR) is 96.7 cm³/mol. The molecule has 1 aliphatic rings. The van der Waals surface area contributed by atoms with Gasteiger partial charge in [0.2, 0.25) is 0 Å². The maximum absolute atomic E-state index is 10.6. The zero-order valence-corrected chi connectivity index (χ0v) is 14.3. The van der Waals surface area contributed by atoms with Crippen molar-refractivity contribution >= 4 is 11.5 Å². The Morgan fingerprint density at radius 1 is 1.20 bits per heavy atom. The van der Waals surface area contributed by atoms with Crippen molar-refractivity contribution in [1.82, 2.24) is 14.9 Å². The zero-order valence-electron chi connectivity index (χ0n) is 14.3. The van der Waals surface area contributed by atoms with E-state index in [2.05, 4.69) is 24.9 Å². The summed E-state index contributed by atoms with van der Waals surface area (Å²) in [5.74, 6) is 1.000. The van der Waals surface area contributed by atoms with Crippen LogP contribution in [0.4, 0.5) is 5.82 Å². The second kappa shape index (κ2) is 8.55. The van der Waals surface area contributed by atoms with Crippen LogP contribution in [0.5, 0.6) is 0 Å². The third-order valence-electron chi connectivity index (χ3n) is 4.24. The Labute approximate surface area is 147 Å². The molecule has 0 aromatic carbocycles. The summed E-state index contributed by atoms with van der Waals surface area (Å²) in [7, 11) is 1.48. The number of β-amino-alcohol motifs (C(OH)–C–C–N with tert-alkyl or cyclic N) is 1. The average molecular weight is 341 g/mol. The van der Waals surface area contributed by atoms with E-state index >= 15 is 0 Å². The molecule has 3 heterocycles. The SMILES string of the molecule is CO/N=C(/c1cccnc1)C(O)CN1CCN(c2ccccn2)CC1. The number of oxime groups is 1. The molecule has 0 aliphatic carbocycles. The molecule has 132 valence electrons. The number of aliphatic hydroxyl groups is 1. The second-order valence-corrected chi connectivity index (χ2v) is 5.89. The molecule has 1 fully saturated rings. The number of hydrogen-bond acceptors (Lipinski definition) is 7. The first-order valence-electron chi connectivity index (χ1n) is 8.36. The third kappa shape index (κ3) is 4.52. The van der Waals surface area contributed by atoms with Crippen molar-refractivity contribution in [2.24, 2.45) is 5.16 Å². The number of aliphatic hydroxyl groups excluding tert-OH is 1. The summed E-state index contributed by atoms with van der Waals surface area (Å²) in [6.07, 6.45) is 4.45. The van der Waals surface area contributed by atoms with E-state index < -0.39 is 6.10 Å². The minimum atomic E-state index is -0.731. The van der Waals surface area contributed by atoms with E-state index in [1.165, 1.54) is 7.11 Å². The molecule has 25 heavy (non-hydrogen) atoms. The fourth-order valence-electron chi connectivity index (χ4n) is 2.95. The lowest BCUT2D eigenvalue weighted by atomic mass is 10.1. The molecule has 1 N–H and O–H groups in total. The molecule has 1 unspecified atom stereocenters. The highest BCUT2D eigenvalue weighted by molar-refractivity contribution is 6.03. The van der Waals surface area contributed by atoms with Crippen LogP contribution in [0.25, 0.3) is 0 Å². The Hall–Kier alpha value is -2.51. The van der Waals surface area contributed by atoms with Crippen LogP contribution in [0, 0.1) is 0 Å². The molecule has 0 saturated carbocycles. The molecule has 2 aromatic heterocycles. The van der Waals surface area contributed by atoms with Crippen LogP contribution < -0.4 is 4.90 Å². The van der Waals surface area contributed by atoms with E-state index in [9.17, 15) is 5.11 Å². The Balaban J connectivity index is 1.58. The Kier molecular flexibility index (Phi) is 5.92. The number of piperazine rings is 1. The maximum Gasteiger partial charge on any atom is 0.128 e. The van der Waals surface area contributed by atoms with Crippen LogP contribution in [-0.2, 0) is 4.84 Å². The lowest BCUT2D eigenvalue weighted by Crippen LogP contribution is -2.50. The van der Waals surface area contributed by atoms with Crippen molar-refractivity contribution in [1.29, 1.82) is 0 Å². The van der Waals surface area contributed by atoms with Gasteiger partial charge in [-0.15, -0.1) is 0 Å². The first kappa shape index (κ1) is 17.3. The van der Waals surface area contributed by atoms with Gasteiger partial charge in [0.15, 0.2) is 0 Å². The molecular weight excluding hydrogens is 318 g/mol. The number of rotatable bonds is 6. The van der Waals surface area contributed by atoms with Gasteiger partial charge < -0.3 is 14.8 Å². The average Bonchev–Trinajstić information content (AvgIpc) is 2.68. The van der Waals surface area contributed by atoms with Gasteiger partial charge in [-0.25, -0.2) is 4.98 Å². The van der Waals surface area contributed by atoms with Gasteiger partial charge >= 0.3 is 0 Å². The van der Waals surface area contributed by atoms with Crippen molar-refractivity contribution in [3.8, 4) is 0 Å². The highest BCUT2D eigenvalue weighted by Gasteiger charge is 2.23. The highest BCUT2D eigenvalue weighted by Crippen LogP contribution is 2.13. The van der Waals surface area contributed by atoms with Crippen molar-refractivity contribution in [2.45, 2.75) is 6.10 Å². The molecule has 0 bridgehead atoms. The second-order valence-electron chi connectivity index (χ2n) is 5.89. The van der Waals surface area contributed by atoms with Crippen molar-refractivity contribution in [3.05, 3.63) is 54.5 Å². The zero-order chi connectivity index (χ0) is 17.5. The number of pyridine rings is 2. The minimum absolute atomic E-state index is 0.503. The summed E-state index contributed by atoms with van der Waals surface area (Å²) in [5.41, 5.74) is 1.27. The molecule has 0 radical (unpaired) electrons. The molecule has 1 atom stereocenters. The molecule has 1 aliphatic heterocycles. The van der Waals surface area contributed by atoms with E-state index in [-0.39, 0.29) is 0 Å². The van der Waals surface area contributed by atoms with Crippen LogP contribution in [-0.4, -0.2) is 71.6 Å². The van der Waals surface area contributed by atoms with Gasteiger partial charge in [0.25, 0.3) is 0 Å². The van der Waals surface area contributed by atoms with Gasteiger partial charge in [0.05, 0.1) is 0 Å². The van der Waals surface area contributed by atoms with Gasteiger partial charge in [-0.05, 0) is 24.3 Å². The van der Waals surface area contributed by atoms with Crippen LogP contribution in [0.3, 0.4) is 0 Å². The minimum Gasteiger partial charge on any atom is -0.399 e. The fraction of sp³-hybridized carbons (Fsp3) is 0.389. The molecule has 3 rings (SSSR count). The summed E-state index contributed by atoms with van der Waals surface area (Å²) in [6.45, 7) is 4.00. The van der Waals surface area contributed by atoms with Crippen LogP contribution in [0.2, 0.25) is 0 Å². The Bertz CT molecular complexity index is 672. The lowest BCUT2D eigenvalue weighted by Gasteiger charge is -2.36. The van der Waals surface area contributed by atoms with Gasteiger partial charge in [-0.2, -0.15) is 0 Å². The lowest BCUT2D eigenvalue weighted by molar-refractivity contribution is 0.146. The van der Waals surface area contributed by atoms with Crippen LogP contribution >= 0.6 is 0 Å². The quantitative estimate of drug-likeness (QED) is 0.624. The molecule has 7 heteroatoms. The molecule has 0 amide bonds. The number of hydrogen-bond donors (Lipinski definition) is 1. The van der Waals surface area contributed by atoms with Gasteiger partial charge in [0, 0.05) is 56.9 Å². The van der Waals surface area contributed by atoms with E-state index in [1.807, 2.05) is 36.5 Å². The number of nitrogens with zero attached hydrogens (tertiary/aromatic N) is 5. The van der Waals surface area contributed by atoms with Gasteiger partial charge in [-0.3, -0.25) is 9.88 Å². The maximum atomic E-state index is 10.6. The van der Waals surface area contributed by atoms with E-state index in [0.29, 0.717) is 12.3 Å². The number of aromatic nitrogens is 2. The first-order valence-corrected chi connectivity index (χ1v) is 8.36. The Morgan fingerprint density at radius 3 is 2.68 bits per heavy atom. The van der Waals surface area contributed by atoms with Crippen LogP contribution in [0.15, 0.2) is 54.1 Å². The standard InChI is InChI=1S/C18H23N5O2/c1-25-21-18(15-5-4-7-19-13-15)16(24)14-22-9-11-23(12-10-22)17-6-2-3-8-20-17/h2-8,13,16,24H,9-12,14H2,1H3/b21-18-. The topological polar surface area (TPSA) is 74.1 Å². The number of anilines is 1. The van der Waals surface area contributed by atoms with E-state index in [4.69, 9.17) is 4.84 Å². The summed E-state index contributed by atoms with van der Waals surface area (Å²) in [5, 5.41) is 14.6. The van der Waals surface area contributed by atoms with Gasteiger partial charge in [0.1, 0.15) is 24.7 Å². The Morgan fingerprint density at radius 2 is 2.04 bits per heavy atom. The summed E-state index contributed by atoms with van der Waals surface area (Å²) < 4.78 is 0. The van der Waals surface area contributed by atoms with E-state index in [1.54, 1.807) is 12.4 Å². The molecule has 2 aromatic rings. The van der Waals surface area contributed by atoms with Crippen molar-refractivity contribution < 1.29 is 9.94 Å². The molecular formula is C18H23N5O2. The van der Waals surface area contributed by atoms with Crippen molar-refractivity contribution in [2.75, 3.05) is 44.7 Å². The normalized spacial score (nSPS) is 17.4.